The van der Waals surface area contributed by atoms with Crippen LogP contribution in [0.4, 0.5) is 0 Å². The van der Waals surface area contributed by atoms with Crippen LogP contribution in [-0.4, -0.2) is 19.6 Å². The lowest BCUT2D eigenvalue weighted by atomic mass is 10.1. The predicted molar refractivity (Wildman–Crippen MR) is 113 cm³/mol. The van der Waals surface area contributed by atoms with E-state index in [9.17, 15) is 0 Å². The molecule has 28 heavy (non-hydrogen) atoms. The molecule has 0 unspecified atom stereocenters. The fourth-order valence-electron chi connectivity index (χ4n) is 3.95. The standard InChI is InChI=1S/C24H22N4/c1-2-9-19(10-3-1)11-8-16-27-17-20(25-26-27)18-28-23-14-6-4-12-21(23)22-13-5-7-15-24(22)28/h1-7,9-10,12-15,17H,8,11,16,18H2. The number of hydrogen-bond donors (Lipinski definition) is 0. The monoisotopic (exact) mass is 366 g/mol. The number of hydrogen-bond acceptors (Lipinski definition) is 2. The third kappa shape index (κ3) is 3.18. The molecule has 0 aliphatic heterocycles. The minimum Gasteiger partial charge on any atom is -0.334 e. The lowest BCUT2D eigenvalue weighted by molar-refractivity contribution is 0.558. The van der Waals surface area contributed by atoms with Crippen LogP contribution in [0.2, 0.25) is 0 Å². The highest BCUT2D eigenvalue weighted by molar-refractivity contribution is 6.07. The Kier molecular flexibility index (Phi) is 4.37. The van der Waals surface area contributed by atoms with E-state index >= 15 is 0 Å². The third-order valence-corrected chi connectivity index (χ3v) is 5.28. The van der Waals surface area contributed by atoms with E-state index in [1.165, 1.54) is 27.4 Å². The molecule has 0 radical (unpaired) electrons. The van der Waals surface area contributed by atoms with Crippen LogP contribution in [-0.2, 0) is 19.5 Å². The Labute approximate surface area is 164 Å². The molecule has 0 saturated heterocycles. The molecule has 0 N–H and O–H groups in total. The van der Waals surface area contributed by atoms with Gasteiger partial charge in [-0.2, -0.15) is 0 Å². The van der Waals surface area contributed by atoms with Crippen molar-refractivity contribution < 1.29 is 0 Å². The lowest BCUT2D eigenvalue weighted by Crippen LogP contribution is -2.01. The van der Waals surface area contributed by atoms with Crippen LogP contribution in [0.1, 0.15) is 17.7 Å². The van der Waals surface area contributed by atoms with Crippen LogP contribution in [0.25, 0.3) is 21.8 Å². The van der Waals surface area contributed by atoms with Crippen LogP contribution in [0, 0.1) is 0 Å². The number of aromatic nitrogens is 4. The molecule has 5 aromatic rings. The Morgan fingerprint density at radius 3 is 2.07 bits per heavy atom. The van der Waals surface area contributed by atoms with Crippen LogP contribution < -0.4 is 0 Å². The van der Waals surface area contributed by atoms with Crippen molar-refractivity contribution in [2.75, 3.05) is 0 Å². The summed E-state index contributed by atoms with van der Waals surface area (Å²) in [4.78, 5) is 0. The highest BCUT2D eigenvalue weighted by Gasteiger charge is 2.11. The van der Waals surface area contributed by atoms with Gasteiger partial charge in [0.05, 0.1) is 12.7 Å². The highest BCUT2D eigenvalue weighted by atomic mass is 15.4. The van der Waals surface area contributed by atoms with Crippen LogP contribution in [0.15, 0.2) is 85.1 Å². The van der Waals surface area contributed by atoms with Gasteiger partial charge in [0.25, 0.3) is 0 Å². The lowest BCUT2D eigenvalue weighted by Gasteiger charge is -2.04. The Morgan fingerprint density at radius 2 is 1.36 bits per heavy atom. The second kappa shape index (κ2) is 7.31. The van der Waals surface area contributed by atoms with Gasteiger partial charge < -0.3 is 4.57 Å². The predicted octanol–water partition coefficient (Wildman–Crippen LogP) is 5.07. The van der Waals surface area contributed by atoms with Crippen LogP contribution in [0.3, 0.4) is 0 Å². The second-order valence-electron chi connectivity index (χ2n) is 7.18. The number of nitrogens with zero attached hydrogens (tertiary/aromatic N) is 4. The van der Waals surface area contributed by atoms with E-state index in [0.717, 1.165) is 31.6 Å². The molecule has 0 fully saturated rings. The average Bonchev–Trinajstić information content (AvgIpc) is 3.32. The summed E-state index contributed by atoms with van der Waals surface area (Å²) in [6.07, 6.45) is 4.19. The minimum atomic E-state index is 0.729. The molecule has 3 aromatic carbocycles. The molecule has 4 heteroatoms. The van der Waals surface area contributed by atoms with Gasteiger partial charge in [-0.05, 0) is 30.5 Å². The molecule has 138 valence electrons. The number of para-hydroxylation sites is 2. The molecule has 0 atom stereocenters. The van der Waals surface area contributed by atoms with Gasteiger partial charge >= 0.3 is 0 Å². The van der Waals surface area contributed by atoms with E-state index in [-0.39, 0.29) is 0 Å². The minimum absolute atomic E-state index is 0.729. The Morgan fingerprint density at radius 1 is 0.714 bits per heavy atom. The van der Waals surface area contributed by atoms with E-state index in [0.29, 0.717) is 0 Å². The molecule has 0 spiro atoms. The van der Waals surface area contributed by atoms with Gasteiger partial charge in [0.15, 0.2) is 0 Å². The molecule has 2 heterocycles. The summed E-state index contributed by atoms with van der Waals surface area (Å²) >= 11 is 0. The molecule has 0 saturated carbocycles. The van der Waals surface area contributed by atoms with Gasteiger partial charge in [-0.25, -0.2) is 0 Å². The highest BCUT2D eigenvalue weighted by Crippen LogP contribution is 2.29. The molecule has 4 nitrogen and oxygen atoms in total. The van der Waals surface area contributed by atoms with Gasteiger partial charge in [-0.1, -0.05) is 71.9 Å². The fraction of sp³-hybridized carbons (Fsp3) is 0.167. The molecule has 0 aliphatic carbocycles. The third-order valence-electron chi connectivity index (χ3n) is 5.28. The van der Waals surface area contributed by atoms with Gasteiger partial charge in [0.2, 0.25) is 0 Å². The molecule has 5 rings (SSSR count). The zero-order valence-corrected chi connectivity index (χ0v) is 15.7. The molecule has 0 aliphatic rings. The van der Waals surface area contributed by atoms with Crippen molar-refractivity contribution in [3.05, 3.63) is 96.3 Å². The zero-order valence-electron chi connectivity index (χ0n) is 15.7. The number of aryl methyl sites for hydroxylation is 2. The maximum absolute atomic E-state index is 4.42. The van der Waals surface area contributed by atoms with Crippen molar-refractivity contribution in [3.8, 4) is 0 Å². The van der Waals surface area contributed by atoms with Gasteiger partial charge in [0, 0.05) is 28.4 Å². The van der Waals surface area contributed by atoms with Crippen molar-refractivity contribution in [2.45, 2.75) is 25.9 Å². The maximum Gasteiger partial charge on any atom is 0.102 e. The largest absolute Gasteiger partial charge is 0.334 e. The SMILES string of the molecule is c1ccc(CCCn2cc(Cn3c4ccccc4c4ccccc43)nn2)cc1. The fourth-order valence-corrected chi connectivity index (χ4v) is 3.95. The molecule has 0 bridgehead atoms. The van der Waals surface area contributed by atoms with Crippen molar-refractivity contribution in [1.82, 2.24) is 19.6 Å². The zero-order chi connectivity index (χ0) is 18.8. The first kappa shape index (κ1) is 16.8. The number of benzene rings is 3. The summed E-state index contributed by atoms with van der Waals surface area (Å²) in [6.45, 7) is 1.61. The number of fused-ring (bicyclic) bond motifs is 3. The van der Waals surface area contributed by atoms with E-state index < -0.39 is 0 Å². The summed E-state index contributed by atoms with van der Waals surface area (Å²) in [5, 5.41) is 11.3. The number of rotatable bonds is 6. The smallest absolute Gasteiger partial charge is 0.102 e. The Hall–Kier alpha value is -3.40. The second-order valence-corrected chi connectivity index (χ2v) is 7.18. The normalized spacial score (nSPS) is 11.4. The first-order chi connectivity index (χ1) is 13.9. The van der Waals surface area contributed by atoms with Gasteiger partial charge in [0.1, 0.15) is 5.69 Å². The van der Waals surface area contributed by atoms with Crippen molar-refractivity contribution in [3.63, 3.8) is 0 Å². The molecule has 0 amide bonds. The van der Waals surface area contributed by atoms with Crippen LogP contribution >= 0.6 is 0 Å². The van der Waals surface area contributed by atoms with Gasteiger partial charge in [-0.3, -0.25) is 4.68 Å². The summed E-state index contributed by atoms with van der Waals surface area (Å²) in [7, 11) is 0. The average molecular weight is 366 g/mol. The van der Waals surface area contributed by atoms with E-state index in [4.69, 9.17) is 0 Å². The Balaban J connectivity index is 1.36. The van der Waals surface area contributed by atoms with E-state index in [1.54, 1.807) is 0 Å². The molecular formula is C24H22N4. The topological polar surface area (TPSA) is 35.6 Å². The van der Waals surface area contributed by atoms with Crippen LogP contribution in [0.5, 0.6) is 0 Å². The van der Waals surface area contributed by atoms with Crippen molar-refractivity contribution in [2.24, 2.45) is 0 Å². The summed E-state index contributed by atoms with van der Waals surface area (Å²) < 4.78 is 4.30. The molecular weight excluding hydrogens is 344 g/mol. The first-order valence-electron chi connectivity index (χ1n) is 9.77. The first-order valence-corrected chi connectivity index (χ1v) is 9.77. The molecule has 2 aromatic heterocycles. The van der Waals surface area contributed by atoms with Crippen molar-refractivity contribution >= 4 is 21.8 Å². The quantitative estimate of drug-likeness (QED) is 0.421. The van der Waals surface area contributed by atoms with E-state index in [2.05, 4.69) is 99.9 Å². The van der Waals surface area contributed by atoms with E-state index in [1.807, 2.05) is 4.68 Å². The summed E-state index contributed by atoms with van der Waals surface area (Å²) in [5.74, 6) is 0. The maximum atomic E-state index is 4.42. The van der Waals surface area contributed by atoms with Gasteiger partial charge in [-0.15, -0.1) is 5.10 Å². The van der Waals surface area contributed by atoms with Crippen molar-refractivity contribution in [1.29, 1.82) is 0 Å². The summed E-state index contributed by atoms with van der Waals surface area (Å²) in [5.41, 5.74) is 4.84. The Bertz CT molecular complexity index is 1160. The summed E-state index contributed by atoms with van der Waals surface area (Å²) in [6, 6.07) is 27.7.